The zero-order chi connectivity index (χ0) is 36.7. The molecule has 0 saturated carbocycles. The molecule has 0 bridgehead atoms. The molecule has 1 aromatic carbocycles. The second kappa shape index (κ2) is 37.9. The maximum absolute atomic E-state index is 12.5. The molecule has 51 heavy (non-hydrogen) atoms. The van der Waals surface area contributed by atoms with E-state index in [0.717, 1.165) is 31.2 Å². The molecule has 0 fully saturated rings. The monoisotopic (exact) mass is 715 g/mol. The smallest absolute Gasteiger partial charge is 0.305 e. The number of benzene rings is 1. The molecule has 0 aliphatic heterocycles. The highest BCUT2D eigenvalue weighted by Gasteiger charge is 2.16. The van der Waals surface area contributed by atoms with Gasteiger partial charge in [-0.2, -0.15) is 0 Å². The van der Waals surface area contributed by atoms with Gasteiger partial charge >= 0.3 is 11.9 Å². The Morgan fingerprint density at radius 1 is 0.431 bits per heavy atom. The normalized spacial score (nSPS) is 11.4. The number of carbonyl (C=O) groups excluding carboxylic acids is 2. The zero-order valence-electron chi connectivity index (χ0n) is 33.8. The van der Waals surface area contributed by atoms with Crippen LogP contribution in [0.2, 0.25) is 0 Å². The summed E-state index contributed by atoms with van der Waals surface area (Å²) in [4.78, 5) is 25.0. The van der Waals surface area contributed by atoms with E-state index in [2.05, 4.69) is 13.8 Å². The first-order valence-corrected chi connectivity index (χ1v) is 22.1. The van der Waals surface area contributed by atoms with Gasteiger partial charge in [0.25, 0.3) is 0 Å². The molecule has 0 aliphatic carbocycles. The van der Waals surface area contributed by atoms with E-state index in [-0.39, 0.29) is 25.2 Å². The van der Waals surface area contributed by atoms with Gasteiger partial charge in [-0.15, -0.1) is 0 Å². The first kappa shape index (κ1) is 47.1. The predicted molar refractivity (Wildman–Crippen MR) is 216 cm³/mol. The molecule has 0 aromatic heterocycles. The van der Waals surface area contributed by atoms with Crippen molar-refractivity contribution in [2.24, 2.45) is 0 Å². The summed E-state index contributed by atoms with van der Waals surface area (Å²) >= 11 is 0. The summed E-state index contributed by atoms with van der Waals surface area (Å²) in [5.41, 5.74) is 1.04. The summed E-state index contributed by atoms with van der Waals surface area (Å²) in [5, 5.41) is 0. The van der Waals surface area contributed by atoms with Gasteiger partial charge in [0.15, 0.2) is 0 Å². The van der Waals surface area contributed by atoms with Crippen LogP contribution in [-0.2, 0) is 30.4 Å². The molecule has 1 rings (SSSR count). The first-order chi connectivity index (χ1) is 25.2. The molecule has 0 atom stereocenters. The lowest BCUT2D eigenvalue weighted by Gasteiger charge is -2.18. The standard InChI is InChI=1S/C46H82O5/c1-3-5-7-9-11-13-15-17-19-21-23-25-27-29-34-38-45(47)50-41-44(49-40-43-36-32-31-33-37-43)42-51-46(48)39-35-30-28-26-24-22-20-18-16-14-12-10-8-6-4-2/h31-33,36-37,44H,3-30,34-35,38-42H2,1-2H3. The van der Waals surface area contributed by atoms with Crippen LogP contribution in [0.3, 0.4) is 0 Å². The molecule has 1 aromatic rings. The van der Waals surface area contributed by atoms with Crippen LogP contribution in [0.1, 0.15) is 225 Å². The molecule has 5 heteroatoms. The largest absolute Gasteiger partial charge is 0.463 e. The molecular weight excluding hydrogens is 633 g/mol. The highest BCUT2D eigenvalue weighted by molar-refractivity contribution is 5.69. The Morgan fingerprint density at radius 2 is 0.725 bits per heavy atom. The summed E-state index contributed by atoms with van der Waals surface area (Å²) in [6, 6.07) is 9.93. The number of rotatable bonds is 39. The Hall–Kier alpha value is -1.88. The van der Waals surface area contributed by atoms with E-state index in [0.29, 0.717) is 19.4 Å². The van der Waals surface area contributed by atoms with Crippen molar-refractivity contribution in [2.45, 2.75) is 232 Å². The molecule has 5 nitrogen and oxygen atoms in total. The van der Waals surface area contributed by atoms with Crippen molar-refractivity contribution >= 4 is 11.9 Å². The van der Waals surface area contributed by atoms with Gasteiger partial charge in [0, 0.05) is 12.8 Å². The molecule has 0 unspecified atom stereocenters. The number of esters is 2. The van der Waals surface area contributed by atoms with Crippen LogP contribution in [-0.4, -0.2) is 31.3 Å². The van der Waals surface area contributed by atoms with Crippen LogP contribution >= 0.6 is 0 Å². The third-order valence-electron chi connectivity index (χ3n) is 10.2. The number of carbonyl (C=O) groups is 2. The van der Waals surface area contributed by atoms with Crippen LogP contribution < -0.4 is 0 Å². The minimum Gasteiger partial charge on any atom is -0.463 e. The fraction of sp³-hybridized carbons (Fsp3) is 0.826. The van der Waals surface area contributed by atoms with E-state index in [1.54, 1.807) is 0 Å². The van der Waals surface area contributed by atoms with Crippen molar-refractivity contribution in [3.05, 3.63) is 35.9 Å². The van der Waals surface area contributed by atoms with E-state index in [1.165, 1.54) is 167 Å². The van der Waals surface area contributed by atoms with Crippen LogP contribution in [0.15, 0.2) is 30.3 Å². The highest BCUT2D eigenvalue weighted by atomic mass is 16.6. The molecule has 0 radical (unpaired) electrons. The Kier molecular flexibility index (Phi) is 35.0. The molecule has 296 valence electrons. The van der Waals surface area contributed by atoms with Crippen molar-refractivity contribution in [1.82, 2.24) is 0 Å². The summed E-state index contributed by atoms with van der Waals surface area (Å²) in [6.07, 6.45) is 39.4. The minimum absolute atomic E-state index is 0.108. The lowest BCUT2D eigenvalue weighted by atomic mass is 10.0. The third-order valence-corrected chi connectivity index (χ3v) is 10.2. The second-order valence-electron chi connectivity index (χ2n) is 15.2. The van der Waals surface area contributed by atoms with Gasteiger partial charge in [0.1, 0.15) is 19.3 Å². The fourth-order valence-electron chi connectivity index (χ4n) is 6.73. The summed E-state index contributed by atoms with van der Waals surface area (Å²) in [5.74, 6) is -0.385. The lowest BCUT2D eigenvalue weighted by Crippen LogP contribution is -2.28. The van der Waals surface area contributed by atoms with Gasteiger partial charge in [0.05, 0.1) is 6.61 Å². The van der Waals surface area contributed by atoms with Crippen LogP contribution in [0, 0.1) is 0 Å². The maximum Gasteiger partial charge on any atom is 0.305 e. The lowest BCUT2D eigenvalue weighted by molar-refractivity contribution is -0.156. The molecule has 0 amide bonds. The van der Waals surface area contributed by atoms with Crippen molar-refractivity contribution < 1.29 is 23.8 Å². The summed E-state index contributed by atoms with van der Waals surface area (Å²) in [7, 11) is 0. The van der Waals surface area contributed by atoms with Gasteiger partial charge in [-0.05, 0) is 18.4 Å². The number of hydrogen-bond acceptors (Lipinski definition) is 5. The average molecular weight is 715 g/mol. The predicted octanol–water partition coefficient (Wildman–Crippen LogP) is 14.2. The first-order valence-electron chi connectivity index (χ1n) is 22.1. The Morgan fingerprint density at radius 3 is 1.04 bits per heavy atom. The molecule has 0 N–H and O–H groups in total. The van der Waals surface area contributed by atoms with E-state index in [4.69, 9.17) is 14.2 Å². The van der Waals surface area contributed by atoms with Crippen molar-refractivity contribution in [2.75, 3.05) is 13.2 Å². The second-order valence-corrected chi connectivity index (χ2v) is 15.2. The number of ether oxygens (including phenoxy) is 3. The minimum atomic E-state index is -0.472. The van der Waals surface area contributed by atoms with Crippen molar-refractivity contribution in [1.29, 1.82) is 0 Å². The number of hydrogen-bond donors (Lipinski definition) is 0. The Balaban J connectivity index is 2.10. The molecule has 0 saturated heterocycles. The van der Waals surface area contributed by atoms with Crippen molar-refractivity contribution in [3.8, 4) is 0 Å². The van der Waals surface area contributed by atoms with E-state index < -0.39 is 6.10 Å². The molecular formula is C46H82O5. The van der Waals surface area contributed by atoms with Crippen LogP contribution in [0.5, 0.6) is 0 Å². The highest BCUT2D eigenvalue weighted by Crippen LogP contribution is 2.16. The van der Waals surface area contributed by atoms with Crippen LogP contribution in [0.4, 0.5) is 0 Å². The SMILES string of the molecule is CCCCCCCCCCCCCCCCCC(=O)OCC(COC(=O)CCCCCCCCCCCCCCCCC)OCc1ccccc1. The molecule has 0 heterocycles. The van der Waals surface area contributed by atoms with Gasteiger partial charge in [-0.1, -0.05) is 224 Å². The van der Waals surface area contributed by atoms with Crippen LogP contribution in [0.25, 0.3) is 0 Å². The van der Waals surface area contributed by atoms with Gasteiger partial charge in [0.2, 0.25) is 0 Å². The average Bonchev–Trinajstić information content (AvgIpc) is 3.14. The quantitative estimate of drug-likeness (QED) is 0.0502. The maximum atomic E-state index is 12.5. The zero-order valence-corrected chi connectivity index (χ0v) is 33.8. The third kappa shape index (κ3) is 33.7. The van der Waals surface area contributed by atoms with Gasteiger partial charge < -0.3 is 14.2 Å². The van der Waals surface area contributed by atoms with E-state index in [9.17, 15) is 9.59 Å². The Bertz CT molecular complexity index is 822. The topological polar surface area (TPSA) is 61.8 Å². The van der Waals surface area contributed by atoms with E-state index >= 15 is 0 Å². The van der Waals surface area contributed by atoms with Gasteiger partial charge in [-0.3, -0.25) is 9.59 Å². The Labute approximate surface area is 316 Å². The van der Waals surface area contributed by atoms with E-state index in [1.807, 2.05) is 30.3 Å². The summed E-state index contributed by atoms with van der Waals surface area (Å²) in [6.45, 7) is 5.16. The molecule has 0 aliphatic rings. The van der Waals surface area contributed by atoms with Gasteiger partial charge in [-0.25, -0.2) is 0 Å². The number of unbranched alkanes of at least 4 members (excludes halogenated alkanes) is 28. The fourth-order valence-corrected chi connectivity index (χ4v) is 6.73. The summed E-state index contributed by atoms with van der Waals surface area (Å²) < 4.78 is 17.2. The van der Waals surface area contributed by atoms with Crippen molar-refractivity contribution in [3.63, 3.8) is 0 Å². The molecule has 0 spiro atoms.